The van der Waals surface area contributed by atoms with E-state index < -0.39 is 5.41 Å². The van der Waals surface area contributed by atoms with Crippen molar-refractivity contribution in [2.24, 2.45) is 0 Å². The van der Waals surface area contributed by atoms with Crippen LogP contribution in [0.1, 0.15) is 35.3 Å². The van der Waals surface area contributed by atoms with Crippen LogP contribution in [-0.2, 0) is 5.41 Å². The lowest BCUT2D eigenvalue weighted by Gasteiger charge is -2.40. The second-order valence-corrected chi connectivity index (χ2v) is 5.19. The van der Waals surface area contributed by atoms with E-state index in [-0.39, 0.29) is 5.78 Å². The zero-order valence-electron chi connectivity index (χ0n) is 11.5. The Morgan fingerprint density at radius 1 is 1.15 bits per heavy atom. The number of carbonyl (C=O) groups excluding carboxylic acids is 1. The Balaban J connectivity index is 2.04. The minimum atomic E-state index is -0.414. The standard InChI is InChI=1S/C17H17NO2/c1-20-14-9-5-12-18-15(14)16(19)17(10-6-11-17)13-7-3-2-4-8-13/h2-5,7-9,12H,6,10-11H2,1H3. The van der Waals surface area contributed by atoms with Crippen LogP contribution in [-0.4, -0.2) is 17.9 Å². The Bertz CT molecular complexity index is 618. The summed E-state index contributed by atoms with van der Waals surface area (Å²) in [7, 11) is 1.57. The van der Waals surface area contributed by atoms with Gasteiger partial charge in [-0.25, -0.2) is 4.98 Å². The molecular weight excluding hydrogens is 250 g/mol. The maximum absolute atomic E-state index is 13.0. The molecule has 3 heteroatoms. The number of rotatable bonds is 4. The third kappa shape index (κ3) is 1.90. The first-order chi connectivity index (χ1) is 9.78. The largest absolute Gasteiger partial charge is 0.494 e. The summed E-state index contributed by atoms with van der Waals surface area (Å²) in [4.78, 5) is 17.2. The van der Waals surface area contributed by atoms with Gasteiger partial charge < -0.3 is 4.74 Å². The van der Waals surface area contributed by atoms with Crippen molar-refractivity contribution in [3.63, 3.8) is 0 Å². The molecular formula is C17H17NO2. The van der Waals surface area contributed by atoms with Crippen LogP contribution in [0.25, 0.3) is 0 Å². The molecule has 1 aromatic carbocycles. The average molecular weight is 267 g/mol. The van der Waals surface area contributed by atoms with Crippen molar-refractivity contribution in [2.75, 3.05) is 7.11 Å². The average Bonchev–Trinajstić information content (AvgIpc) is 2.47. The molecule has 1 aliphatic rings. The van der Waals surface area contributed by atoms with Crippen LogP contribution in [0, 0.1) is 0 Å². The van der Waals surface area contributed by atoms with Gasteiger partial charge in [-0.3, -0.25) is 4.79 Å². The van der Waals surface area contributed by atoms with Crippen molar-refractivity contribution in [1.82, 2.24) is 4.98 Å². The van der Waals surface area contributed by atoms with Gasteiger partial charge in [-0.15, -0.1) is 0 Å². The van der Waals surface area contributed by atoms with Gasteiger partial charge in [0, 0.05) is 6.20 Å². The molecule has 102 valence electrons. The first-order valence-corrected chi connectivity index (χ1v) is 6.87. The van der Waals surface area contributed by atoms with Gasteiger partial charge in [-0.2, -0.15) is 0 Å². The van der Waals surface area contributed by atoms with Gasteiger partial charge in [0.05, 0.1) is 12.5 Å². The molecule has 1 saturated carbocycles. The number of nitrogens with zero attached hydrogens (tertiary/aromatic N) is 1. The highest BCUT2D eigenvalue weighted by atomic mass is 16.5. The summed E-state index contributed by atoms with van der Waals surface area (Å²) in [5.74, 6) is 0.632. The summed E-state index contributed by atoms with van der Waals surface area (Å²) < 4.78 is 5.28. The van der Waals surface area contributed by atoms with Crippen LogP contribution in [0.2, 0.25) is 0 Å². The lowest BCUT2D eigenvalue weighted by atomic mass is 9.61. The van der Waals surface area contributed by atoms with Crippen molar-refractivity contribution < 1.29 is 9.53 Å². The fraction of sp³-hybridized carbons (Fsp3) is 0.294. The third-order valence-corrected chi connectivity index (χ3v) is 4.17. The highest BCUT2D eigenvalue weighted by molar-refractivity contribution is 6.05. The zero-order valence-corrected chi connectivity index (χ0v) is 11.5. The molecule has 20 heavy (non-hydrogen) atoms. The van der Waals surface area contributed by atoms with Crippen molar-refractivity contribution in [1.29, 1.82) is 0 Å². The van der Waals surface area contributed by atoms with Crippen LogP contribution < -0.4 is 4.74 Å². The van der Waals surface area contributed by atoms with Crippen molar-refractivity contribution in [3.05, 3.63) is 59.9 Å². The van der Waals surface area contributed by atoms with E-state index in [1.165, 1.54) is 0 Å². The van der Waals surface area contributed by atoms with Crippen molar-refractivity contribution in [3.8, 4) is 5.75 Å². The Hall–Kier alpha value is -2.16. The second-order valence-electron chi connectivity index (χ2n) is 5.19. The monoisotopic (exact) mass is 267 g/mol. The molecule has 0 atom stereocenters. The van der Waals surface area contributed by atoms with Crippen molar-refractivity contribution in [2.45, 2.75) is 24.7 Å². The summed E-state index contributed by atoms with van der Waals surface area (Å²) in [6.07, 6.45) is 4.49. The summed E-state index contributed by atoms with van der Waals surface area (Å²) in [5, 5.41) is 0. The lowest BCUT2D eigenvalue weighted by Crippen LogP contribution is -2.43. The van der Waals surface area contributed by atoms with Crippen molar-refractivity contribution >= 4 is 5.78 Å². The minimum Gasteiger partial charge on any atom is -0.494 e. The van der Waals surface area contributed by atoms with Crippen LogP contribution in [0.15, 0.2) is 48.7 Å². The van der Waals surface area contributed by atoms with Gasteiger partial charge in [0.25, 0.3) is 0 Å². The normalized spacial score (nSPS) is 16.2. The molecule has 0 N–H and O–H groups in total. The molecule has 0 radical (unpaired) electrons. The van der Waals surface area contributed by atoms with Gasteiger partial charge in [-0.05, 0) is 30.5 Å². The molecule has 1 fully saturated rings. The molecule has 2 aromatic rings. The number of benzene rings is 1. The first kappa shape index (κ1) is 12.9. The molecule has 1 aromatic heterocycles. The molecule has 0 aliphatic heterocycles. The van der Waals surface area contributed by atoms with Crippen LogP contribution in [0.5, 0.6) is 5.75 Å². The Labute approximate surface area is 118 Å². The van der Waals surface area contributed by atoms with E-state index in [0.29, 0.717) is 11.4 Å². The quantitative estimate of drug-likeness (QED) is 0.797. The molecule has 0 spiro atoms. The summed E-state index contributed by atoms with van der Waals surface area (Å²) in [6.45, 7) is 0. The van der Waals surface area contributed by atoms with Gasteiger partial charge in [0.2, 0.25) is 0 Å². The molecule has 0 saturated heterocycles. The van der Waals surface area contributed by atoms with Crippen LogP contribution in [0.4, 0.5) is 0 Å². The SMILES string of the molecule is COc1cccnc1C(=O)C1(c2ccccc2)CCC1. The van der Waals surface area contributed by atoms with E-state index in [9.17, 15) is 4.79 Å². The fourth-order valence-corrected chi connectivity index (χ4v) is 2.89. The number of Topliss-reactive ketones (excluding diaryl/α,β-unsaturated/α-hetero) is 1. The van der Waals surface area contributed by atoms with Gasteiger partial charge in [0.1, 0.15) is 11.4 Å². The van der Waals surface area contributed by atoms with E-state index in [4.69, 9.17) is 4.74 Å². The lowest BCUT2D eigenvalue weighted by molar-refractivity contribution is 0.0779. The smallest absolute Gasteiger partial charge is 0.195 e. The number of ether oxygens (including phenoxy) is 1. The molecule has 3 nitrogen and oxygen atoms in total. The molecule has 1 aliphatic carbocycles. The molecule has 3 rings (SSSR count). The maximum Gasteiger partial charge on any atom is 0.195 e. The Morgan fingerprint density at radius 3 is 2.50 bits per heavy atom. The van der Waals surface area contributed by atoms with Gasteiger partial charge in [0.15, 0.2) is 5.78 Å². The number of pyridine rings is 1. The Morgan fingerprint density at radius 2 is 1.90 bits per heavy atom. The fourth-order valence-electron chi connectivity index (χ4n) is 2.89. The molecule has 1 heterocycles. The van der Waals surface area contributed by atoms with E-state index in [0.717, 1.165) is 24.8 Å². The van der Waals surface area contributed by atoms with E-state index >= 15 is 0 Å². The number of methoxy groups -OCH3 is 1. The Kier molecular flexibility index (Phi) is 3.26. The van der Waals surface area contributed by atoms with E-state index in [2.05, 4.69) is 4.98 Å². The third-order valence-electron chi connectivity index (χ3n) is 4.17. The van der Waals surface area contributed by atoms with Gasteiger partial charge >= 0.3 is 0 Å². The maximum atomic E-state index is 13.0. The molecule has 0 amide bonds. The van der Waals surface area contributed by atoms with Crippen LogP contribution in [0.3, 0.4) is 0 Å². The summed E-state index contributed by atoms with van der Waals surface area (Å²) in [6, 6.07) is 13.6. The minimum absolute atomic E-state index is 0.0763. The first-order valence-electron chi connectivity index (χ1n) is 6.87. The summed E-state index contributed by atoms with van der Waals surface area (Å²) >= 11 is 0. The predicted molar refractivity (Wildman–Crippen MR) is 77.1 cm³/mol. The number of carbonyl (C=O) groups is 1. The van der Waals surface area contributed by atoms with Crippen LogP contribution >= 0.6 is 0 Å². The summed E-state index contributed by atoms with van der Waals surface area (Å²) in [5.41, 5.74) is 1.12. The number of ketones is 1. The molecule has 0 unspecified atom stereocenters. The van der Waals surface area contributed by atoms with Gasteiger partial charge in [-0.1, -0.05) is 36.8 Å². The number of hydrogen-bond acceptors (Lipinski definition) is 3. The molecule has 0 bridgehead atoms. The topological polar surface area (TPSA) is 39.2 Å². The predicted octanol–water partition coefficient (Wildman–Crippen LogP) is 3.39. The zero-order chi connectivity index (χ0) is 14.0. The van der Waals surface area contributed by atoms with E-state index in [1.807, 2.05) is 30.3 Å². The number of hydrogen-bond donors (Lipinski definition) is 0. The highest BCUT2D eigenvalue weighted by Crippen LogP contribution is 2.46. The second kappa shape index (κ2) is 5.08. The number of aromatic nitrogens is 1. The van der Waals surface area contributed by atoms with E-state index in [1.54, 1.807) is 25.4 Å². The highest BCUT2D eigenvalue weighted by Gasteiger charge is 2.47.